The molecule has 0 spiro atoms. The van der Waals surface area contributed by atoms with Crippen molar-refractivity contribution in [3.8, 4) is 0 Å². The lowest BCUT2D eigenvalue weighted by Crippen LogP contribution is -2.30. The first-order valence-electron chi connectivity index (χ1n) is 31.2. The summed E-state index contributed by atoms with van der Waals surface area (Å²) in [5.74, 6) is -0.870. The number of rotatable bonds is 57. The van der Waals surface area contributed by atoms with E-state index in [-0.39, 0.29) is 31.1 Å². The molecule has 0 aromatic rings. The Hall–Kier alpha value is -2.63. The molecule has 0 bridgehead atoms. The van der Waals surface area contributed by atoms with Crippen LogP contribution in [0.5, 0.6) is 0 Å². The summed E-state index contributed by atoms with van der Waals surface area (Å²) < 4.78 is 16.9. The molecule has 414 valence electrons. The minimum atomic E-state index is -0.778. The Morgan fingerprint density at radius 3 is 0.775 bits per heavy atom. The molecule has 0 rings (SSSR count). The van der Waals surface area contributed by atoms with Crippen molar-refractivity contribution < 1.29 is 28.6 Å². The predicted octanol–water partition coefficient (Wildman–Crippen LogP) is 21.0. The fourth-order valence-corrected chi connectivity index (χ4v) is 9.13. The highest BCUT2D eigenvalue weighted by Crippen LogP contribution is 2.17. The van der Waals surface area contributed by atoms with E-state index >= 15 is 0 Å². The molecule has 0 fully saturated rings. The molecule has 0 N–H and O–H groups in total. The maximum absolute atomic E-state index is 12.9. The van der Waals surface area contributed by atoms with Gasteiger partial charge in [-0.2, -0.15) is 0 Å². The van der Waals surface area contributed by atoms with Gasteiger partial charge in [0.05, 0.1) is 0 Å². The average Bonchev–Trinajstić information content (AvgIpc) is 3.37. The van der Waals surface area contributed by atoms with Crippen LogP contribution in [0, 0.1) is 0 Å². The van der Waals surface area contributed by atoms with Crippen LogP contribution < -0.4 is 0 Å². The van der Waals surface area contributed by atoms with Gasteiger partial charge in [-0.1, -0.05) is 288 Å². The topological polar surface area (TPSA) is 78.9 Å². The highest BCUT2D eigenvalue weighted by Gasteiger charge is 2.19. The molecular formula is C65H118O6. The minimum Gasteiger partial charge on any atom is -0.462 e. The molecule has 0 aromatic carbocycles. The van der Waals surface area contributed by atoms with Crippen LogP contribution >= 0.6 is 0 Å². The highest BCUT2D eigenvalue weighted by atomic mass is 16.6. The fraction of sp³-hybridized carbons (Fsp3) is 0.831. The van der Waals surface area contributed by atoms with Crippen molar-refractivity contribution in [3.63, 3.8) is 0 Å². The molecule has 0 aliphatic carbocycles. The van der Waals surface area contributed by atoms with Crippen molar-refractivity contribution in [3.05, 3.63) is 48.6 Å². The highest BCUT2D eigenvalue weighted by molar-refractivity contribution is 5.71. The standard InChI is InChI=1S/C65H118O6/c1-4-7-10-13-16-19-22-25-28-30-32-34-37-40-43-46-49-52-55-58-64(67)70-61-62(60-69-63(66)57-54-51-48-45-42-39-36-27-24-21-18-15-12-9-6-3)71-65(68)59-56-53-50-47-44-41-38-35-33-31-29-26-23-20-17-14-11-8-5-2/h16,18-19,21-22,24-25,27,62H,4-15,17,20,23,26,28-61H2,1-3H3/b19-16-,21-18-,25-22-,27-24-. The number of allylic oxidation sites excluding steroid dienone is 8. The van der Waals surface area contributed by atoms with Crippen molar-refractivity contribution in [1.82, 2.24) is 0 Å². The summed E-state index contributed by atoms with van der Waals surface area (Å²) in [5, 5.41) is 0. The Bertz CT molecular complexity index is 1230. The van der Waals surface area contributed by atoms with E-state index in [1.165, 1.54) is 225 Å². The zero-order chi connectivity index (χ0) is 51.4. The quantitative estimate of drug-likeness (QED) is 0.0261. The van der Waals surface area contributed by atoms with Gasteiger partial charge in [-0.15, -0.1) is 0 Å². The van der Waals surface area contributed by atoms with Crippen LogP contribution in [-0.2, 0) is 28.6 Å². The van der Waals surface area contributed by atoms with Gasteiger partial charge in [0.25, 0.3) is 0 Å². The molecule has 6 heteroatoms. The fourth-order valence-electron chi connectivity index (χ4n) is 9.13. The van der Waals surface area contributed by atoms with E-state index in [0.717, 1.165) is 64.2 Å². The Morgan fingerprint density at radius 2 is 0.493 bits per heavy atom. The summed E-state index contributed by atoms with van der Waals surface area (Å²) >= 11 is 0. The minimum absolute atomic E-state index is 0.0755. The Labute approximate surface area is 441 Å². The first-order valence-corrected chi connectivity index (χ1v) is 31.2. The SMILES string of the molecule is CCCCC/C=C\C=C/CCCCCCCCCCCCC(=O)OCC(COC(=O)CCCCCCCC/C=C\C=C/CCCCC)OC(=O)CCCCCCCCCCCCCCCCCCCCC. The number of carbonyl (C=O) groups excluding carboxylic acids is 3. The normalized spacial score (nSPS) is 12.3. The van der Waals surface area contributed by atoms with Gasteiger partial charge >= 0.3 is 17.9 Å². The van der Waals surface area contributed by atoms with Gasteiger partial charge in [0.2, 0.25) is 0 Å². The third-order valence-corrected chi connectivity index (χ3v) is 13.9. The average molecular weight is 996 g/mol. The van der Waals surface area contributed by atoms with E-state index in [1.807, 2.05) is 0 Å². The molecule has 1 atom stereocenters. The lowest BCUT2D eigenvalue weighted by molar-refractivity contribution is -0.167. The van der Waals surface area contributed by atoms with Gasteiger partial charge in [-0.25, -0.2) is 0 Å². The second kappa shape index (κ2) is 59.9. The zero-order valence-electron chi connectivity index (χ0n) is 47.5. The van der Waals surface area contributed by atoms with E-state index < -0.39 is 6.10 Å². The predicted molar refractivity (Wildman–Crippen MR) is 307 cm³/mol. The van der Waals surface area contributed by atoms with Crippen LogP contribution in [0.25, 0.3) is 0 Å². The van der Waals surface area contributed by atoms with Crippen LogP contribution in [0.3, 0.4) is 0 Å². The summed E-state index contributed by atoms with van der Waals surface area (Å²) in [6.45, 7) is 6.62. The lowest BCUT2D eigenvalue weighted by atomic mass is 10.0. The summed E-state index contributed by atoms with van der Waals surface area (Å²) in [6, 6.07) is 0. The number of esters is 3. The van der Waals surface area contributed by atoms with Crippen LogP contribution in [0.2, 0.25) is 0 Å². The number of hydrogen-bond acceptors (Lipinski definition) is 6. The molecule has 0 aromatic heterocycles. The lowest BCUT2D eigenvalue weighted by Gasteiger charge is -2.18. The first-order chi connectivity index (χ1) is 35.0. The number of hydrogen-bond donors (Lipinski definition) is 0. The summed E-state index contributed by atoms with van der Waals surface area (Å²) in [6.07, 6.45) is 73.9. The molecule has 71 heavy (non-hydrogen) atoms. The van der Waals surface area contributed by atoms with Crippen LogP contribution in [-0.4, -0.2) is 37.2 Å². The van der Waals surface area contributed by atoms with Crippen LogP contribution in [0.4, 0.5) is 0 Å². The molecule has 0 amide bonds. The van der Waals surface area contributed by atoms with E-state index in [4.69, 9.17) is 14.2 Å². The van der Waals surface area contributed by atoms with Crippen LogP contribution in [0.1, 0.15) is 329 Å². The molecule has 0 saturated heterocycles. The third-order valence-electron chi connectivity index (χ3n) is 13.9. The molecule has 0 heterocycles. The molecular weight excluding hydrogens is 877 g/mol. The van der Waals surface area contributed by atoms with Gasteiger partial charge in [0, 0.05) is 19.3 Å². The third kappa shape index (κ3) is 58.1. The van der Waals surface area contributed by atoms with Crippen molar-refractivity contribution in [2.24, 2.45) is 0 Å². The Morgan fingerprint density at radius 1 is 0.282 bits per heavy atom. The van der Waals surface area contributed by atoms with Gasteiger partial charge in [0.15, 0.2) is 6.10 Å². The summed E-state index contributed by atoms with van der Waals surface area (Å²) in [7, 11) is 0. The van der Waals surface area contributed by atoms with Crippen molar-refractivity contribution in [2.75, 3.05) is 13.2 Å². The number of ether oxygens (including phenoxy) is 3. The second-order valence-electron chi connectivity index (χ2n) is 21.0. The van der Waals surface area contributed by atoms with Gasteiger partial charge in [0.1, 0.15) is 13.2 Å². The summed E-state index contributed by atoms with van der Waals surface area (Å²) in [5.41, 5.74) is 0. The van der Waals surface area contributed by atoms with E-state index in [0.29, 0.717) is 19.3 Å². The van der Waals surface area contributed by atoms with Gasteiger partial charge < -0.3 is 14.2 Å². The monoisotopic (exact) mass is 995 g/mol. The van der Waals surface area contributed by atoms with E-state index in [9.17, 15) is 14.4 Å². The Balaban J connectivity index is 4.34. The van der Waals surface area contributed by atoms with Crippen LogP contribution in [0.15, 0.2) is 48.6 Å². The van der Waals surface area contributed by atoms with Gasteiger partial charge in [-0.3, -0.25) is 14.4 Å². The molecule has 1 unspecified atom stereocenters. The maximum Gasteiger partial charge on any atom is 0.306 e. The first kappa shape index (κ1) is 68.4. The molecule has 0 aliphatic heterocycles. The molecule has 0 saturated carbocycles. The second-order valence-corrected chi connectivity index (χ2v) is 21.0. The maximum atomic E-state index is 12.9. The van der Waals surface area contributed by atoms with Crippen molar-refractivity contribution in [2.45, 2.75) is 335 Å². The largest absolute Gasteiger partial charge is 0.462 e. The van der Waals surface area contributed by atoms with Gasteiger partial charge in [-0.05, 0) is 70.6 Å². The van der Waals surface area contributed by atoms with Crippen molar-refractivity contribution in [1.29, 1.82) is 0 Å². The number of carbonyl (C=O) groups is 3. The molecule has 0 radical (unpaired) electrons. The zero-order valence-corrected chi connectivity index (χ0v) is 47.5. The summed E-state index contributed by atoms with van der Waals surface area (Å²) in [4.78, 5) is 38.3. The number of unbranched alkanes of at least 4 members (excludes halogenated alkanes) is 40. The van der Waals surface area contributed by atoms with E-state index in [2.05, 4.69) is 69.4 Å². The Kier molecular flexibility index (Phi) is 57.7. The smallest absolute Gasteiger partial charge is 0.306 e. The van der Waals surface area contributed by atoms with E-state index in [1.54, 1.807) is 0 Å². The van der Waals surface area contributed by atoms with Crippen molar-refractivity contribution >= 4 is 17.9 Å². The molecule has 6 nitrogen and oxygen atoms in total. The molecule has 0 aliphatic rings.